The van der Waals surface area contributed by atoms with Crippen molar-refractivity contribution in [3.05, 3.63) is 65.7 Å². The average Bonchev–Trinajstić information content (AvgIpc) is 2.96. The number of nitrogens with one attached hydrogen (secondary N) is 1. The number of rotatable bonds is 3. The van der Waals surface area contributed by atoms with Crippen molar-refractivity contribution < 1.29 is 9.00 Å². The minimum atomic E-state index is -1.60. The molecule has 1 atom stereocenters. The van der Waals surface area contributed by atoms with Gasteiger partial charge in [-0.15, -0.1) is 8.80 Å². The molecule has 122 valence electrons. The summed E-state index contributed by atoms with van der Waals surface area (Å²) in [6.07, 6.45) is 0. The van der Waals surface area contributed by atoms with Gasteiger partial charge in [0, 0.05) is 30.9 Å². The van der Waals surface area contributed by atoms with Gasteiger partial charge in [0.1, 0.15) is 0 Å². The smallest absolute Gasteiger partial charge is 0.269 e. The molecule has 0 fully saturated rings. The van der Waals surface area contributed by atoms with Gasteiger partial charge in [0.25, 0.3) is 11.2 Å². The summed E-state index contributed by atoms with van der Waals surface area (Å²) in [5.74, 6) is 0.940. The lowest BCUT2D eigenvalue weighted by molar-refractivity contribution is 0.103. The van der Waals surface area contributed by atoms with Gasteiger partial charge in [-0.25, -0.2) is 4.21 Å². The summed E-state index contributed by atoms with van der Waals surface area (Å²) in [5.41, 5.74) is 1.99. The maximum absolute atomic E-state index is 12.4. The number of hydrogen-bond donors (Lipinski definition) is 1. The minimum absolute atomic E-state index is 0.0306. The zero-order valence-corrected chi connectivity index (χ0v) is 14.1. The van der Waals surface area contributed by atoms with E-state index in [1.807, 2.05) is 18.2 Å². The number of carbonyl (C=O) groups excluding carboxylic acids is 1. The molecule has 0 aromatic heterocycles. The fourth-order valence-electron chi connectivity index (χ4n) is 2.23. The second-order valence-electron chi connectivity index (χ2n) is 5.38. The van der Waals surface area contributed by atoms with Crippen molar-refractivity contribution in [1.29, 1.82) is 0 Å². The van der Waals surface area contributed by atoms with Crippen molar-refractivity contribution in [3.8, 4) is 0 Å². The zero-order valence-electron chi connectivity index (χ0n) is 13.3. The van der Waals surface area contributed by atoms with E-state index in [0.717, 1.165) is 5.69 Å². The molecule has 7 heteroatoms. The first-order valence-electron chi connectivity index (χ1n) is 7.28. The Morgan fingerprint density at radius 2 is 1.58 bits per heavy atom. The van der Waals surface area contributed by atoms with E-state index in [-0.39, 0.29) is 5.78 Å². The highest BCUT2D eigenvalue weighted by atomic mass is 32.2. The number of nitrogens with zero attached hydrogens (tertiary/aromatic N) is 3. The van der Waals surface area contributed by atoms with E-state index in [0.29, 0.717) is 22.8 Å². The Balaban J connectivity index is 1.76. The highest BCUT2D eigenvalue weighted by molar-refractivity contribution is 7.83. The van der Waals surface area contributed by atoms with E-state index in [1.54, 1.807) is 55.4 Å². The molecule has 3 rings (SSSR count). The number of carbonyl (C=O) groups is 1. The lowest BCUT2D eigenvalue weighted by Gasteiger charge is -2.14. The van der Waals surface area contributed by atoms with E-state index >= 15 is 0 Å². The summed E-state index contributed by atoms with van der Waals surface area (Å²) in [6, 6.07) is 16.2. The number of ketones is 1. The largest absolute Gasteiger partial charge is 0.359 e. The van der Waals surface area contributed by atoms with Crippen LogP contribution in [0.5, 0.6) is 0 Å². The first-order chi connectivity index (χ1) is 11.5. The fraction of sp³-hybridized carbons (Fsp3) is 0.118. The van der Waals surface area contributed by atoms with Crippen molar-refractivity contribution in [1.82, 2.24) is 4.90 Å². The van der Waals surface area contributed by atoms with Crippen LogP contribution >= 0.6 is 0 Å². The van der Waals surface area contributed by atoms with Crippen LogP contribution in [0.2, 0.25) is 0 Å². The van der Waals surface area contributed by atoms with Gasteiger partial charge in [-0.05, 0) is 24.3 Å². The van der Waals surface area contributed by atoms with Gasteiger partial charge >= 0.3 is 0 Å². The van der Waals surface area contributed by atoms with Gasteiger partial charge in [-0.1, -0.05) is 30.3 Å². The molecular weight excluding hydrogens is 324 g/mol. The molecule has 1 heterocycles. The predicted octanol–water partition coefficient (Wildman–Crippen LogP) is 2.28. The molecule has 1 unspecified atom stereocenters. The number of likely N-dealkylation sites (N-methyl/N-ethyl adjacent to an activating group) is 1. The summed E-state index contributed by atoms with van der Waals surface area (Å²) in [7, 11) is 3.61. The van der Waals surface area contributed by atoms with Crippen LogP contribution in [0.4, 0.5) is 5.69 Å². The Bertz CT molecular complexity index is 843. The third-order valence-electron chi connectivity index (χ3n) is 3.42. The van der Waals surface area contributed by atoms with Crippen LogP contribution in [0.1, 0.15) is 15.9 Å². The van der Waals surface area contributed by atoms with Gasteiger partial charge in [0.15, 0.2) is 17.5 Å². The third-order valence-corrected chi connectivity index (χ3v) is 4.08. The SMILES string of the molecule is CN(C)C1=NS(=O)N=C1Nc1ccc(C(=O)c2ccccc2)cc1. The normalized spacial score (nSPS) is 16.3. The van der Waals surface area contributed by atoms with Gasteiger partial charge in [0.05, 0.1) is 0 Å². The molecule has 0 saturated heterocycles. The van der Waals surface area contributed by atoms with Gasteiger partial charge in [0.2, 0.25) is 0 Å². The standard InChI is InChI=1S/C17H16N4O2S/c1-21(2)17-16(19-24(23)20-17)18-14-10-8-13(9-11-14)15(22)12-6-4-3-5-7-12/h3-11H,1-2H3,(H,18,19). The van der Waals surface area contributed by atoms with Crippen LogP contribution < -0.4 is 5.32 Å². The fourth-order valence-corrected chi connectivity index (χ4v) is 2.95. The van der Waals surface area contributed by atoms with Crippen LogP contribution in [0.3, 0.4) is 0 Å². The summed E-state index contributed by atoms with van der Waals surface area (Å²) in [4.78, 5) is 14.1. The number of anilines is 1. The summed E-state index contributed by atoms with van der Waals surface area (Å²) < 4.78 is 19.4. The van der Waals surface area contributed by atoms with Crippen LogP contribution in [0.15, 0.2) is 63.4 Å². The molecule has 24 heavy (non-hydrogen) atoms. The molecule has 0 radical (unpaired) electrons. The molecular formula is C17H16N4O2S. The average molecular weight is 340 g/mol. The molecule has 6 nitrogen and oxygen atoms in total. The highest BCUT2D eigenvalue weighted by Crippen LogP contribution is 2.15. The maximum Gasteiger partial charge on any atom is 0.269 e. The quantitative estimate of drug-likeness (QED) is 0.870. The van der Waals surface area contributed by atoms with Crippen molar-refractivity contribution >= 4 is 34.3 Å². The van der Waals surface area contributed by atoms with E-state index in [9.17, 15) is 9.00 Å². The molecule has 1 aliphatic heterocycles. The molecule has 1 N–H and O–H groups in total. The topological polar surface area (TPSA) is 74.1 Å². The Morgan fingerprint density at radius 1 is 0.958 bits per heavy atom. The monoisotopic (exact) mass is 340 g/mol. The van der Waals surface area contributed by atoms with Crippen LogP contribution in [0, 0.1) is 0 Å². The summed E-state index contributed by atoms with van der Waals surface area (Å²) in [6.45, 7) is 0. The second-order valence-corrected chi connectivity index (χ2v) is 6.20. The van der Waals surface area contributed by atoms with E-state index < -0.39 is 11.2 Å². The van der Waals surface area contributed by atoms with Crippen molar-refractivity contribution in [2.75, 3.05) is 19.4 Å². The molecule has 0 amide bonds. The summed E-state index contributed by atoms with van der Waals surface area (Å²) in [5, 5.41) is 3.08. The van der Waals surface area contributed by atoms with E-state index in [2.05, 4.69) is 14.1 Å². The Kier molecular flexibility index (Phi) is 4.52. The summed E-state index contributed by atoms with van der Waals surface area (Å²) >= 11 is -1.60. The third kappa shape index (κ3) is 3.41. The lowest BCUT2D eigenvalue weighted by atomic mass is 10.0. The number of benzene rings is 2. The van der Waals surface area contributed by atoms with Gasteiger partial charge in [-0.3, -0.25) is 4.79 Å². The number of amidine groups is 2. The second kappa shape index (κ2) is 6.76. The zero-order chi connectivity index (χ0) is 17.1. The Labute approximate surface area is 142 Å². The van der Waals surface area contributed by atoms with Gasteiger partial charge in [-0.2, -0.15) is 0 Å². The molecule has 2 aromatic carbocycles. The molecule has 2 aromatic rings. The highest BCUT2D eigenvalue weighted by Gasteiger charge is 2.20. The first-order valence-corrected chi connectivity index (χ1v) is 8.35. The maximum atomic E-state index is 12.4. The molecule has 0 aliphatic carbocycles. The molecule has 0 saturated carbocycles. The molecule has 0 bridgehead atoms. The molecule has 1 aliphatic rings. The first kappa shape index (κ1) is 16.1. The van der Waals surface area contributed by atoms with Crippen LogP contribution in [-0.4, -0.2) is 40.7 Å². The van der Waals surface area contributed by atoms with Crippen molar-refractivity contribution in [3.63, 3.8) is 0 Å². The van der Waals surface area contributed by atoms with Crippen molar-refractivity contribution in [2.24, 2.45) is 8.80 Å². The Hall–Kier alpha value is -2.80. The lowest BCUT2D eigenvalue weighted by Crippen LogP contribution is -2.32. The minimum Gasteiger partial charge on any atom is -0.359 e. The predicted molar refractivity (Wildman–Crippen MR) is 96.6 cm³/mol. The van der Waals surface area contributed by atoms with E-state index in [4.69, 9.17) is 0 Å². The van der Waals surface area contributed by atoms with Crippen molar-refractivity contribution in [2.45, 2.75) is 0 Å². The number of hydrogen-bond acceptors (Lipinski definition) is 4. The van der Waals surface area contributed by atoms with Crippen LogP contribution in [-0.2, 0) is 11.2 Å². The van der Waals surface area contributed by atoms with E-state index in [1.165, 1.54) is 0 Å². The Morgan fingerprint density at radius 3 is 2.21 bits per heavy atom. The molecule has 0 spiro atoms. The van der Waals surface area contributed by atoms with Gasteiger partial charge < -0.3 is 10.2 Å². The van der Waals surface area contributed by atoms with Crippen LogP contribution in [0.25, 0.3) is 0 Å².